The highest BCUT2D eigenvalue weighted by atomic mass is 35.5. The van der Waals surface area contributed by atoms with E-state index < -0.39 is 63.3 Å². The first kappa shape index (κ1) is 43.0. The van der Waals surface area contributed by atoms with Crippen LogP contribution in [0.3, 0.4) is 0 Å². The van der Waals surface area contributed by atoms with E-state index in [4.69, 9.17) is 23.2 Å². The van der Waals surface area contributed by atoms with E-state index in [1.807, 2.05) is 0 Å². The molecular weight excluding hydrogens is 869 g/mol. The fourth-order valence-corrected chi connectivity index (χ4v) is 8.31. The van der Waals surface area contributed by atoms with Gasteiger partial charge in [-0.2, -0.15) is 0 Å². The van der Waals surface area contributed by atoms with Gasteiger partial charge in [0.2, 0.25) is 0 Å². The van der Waals surface area contributed by atoms with Crippen LogP contribution in [-0.4, -0.2) is 55.1 Å². The molecule has 4 aromatic carbocycles. The maximum atomic E-state index is 16.1. The van der Waals surface area contributed by atoms with Crippen LogP contribution >= 0.6 is 23.2 Å². The van der Waals surface area contributed by atoms with Gasteiger partial charge in [-0.25, -0.2) is 28.1 Å². The van der Waals surface area contributed by atoms with E-state index in [1.54, 1.807) is 62.9 Å². The number of halogens is 4. The van der Waals surface area contributed by atoms with E-state index >= 15 is 8.78 Å². The minimum absolute atomic E-state index is 0.0929. The summed E-state index contributed by atoms with van der Waals surface area (Å²) in [6.45, 7) is 0. The predicted octanol–water partition coefficient (Wildman–Crippen LogP) is 10.1. The van der Waals surface area contributed by atoms with Crippen molar-refractivity contribution < 1.29 is 23.4 Å². The molecular formula is C45H32Cl2F2N10O5. The number of ketones is 1. The number of nitro groups is 2. The van der Waals surface area contributed by atoms with Crippen LogP contribution in [0.5, 0.6) is 0 Å². The van der Waals surface area contributed by atoms with Gasteiger partial charge in [-0.1, -0.05) is 47.5 Å². The Kier molecular flexibility index (Phi) is 12.1. The Labute approximate surface area is 372 Å². The molecule has 8 rings (SSSR count). The van der Waals surface area contributed by atoms with Gasteiger partial charge in [0, 0.05) is 107 Å². The number of carbonyl (C=O) groups excluding carboxylic acids is 1. The molecule has 19 heteroatoms. The number of hydrogen-bond acceptors (Lipinski definition) is 11. The number of rotatable bonds is 14. The summed E-state index contributed by atoms with van der Waals surface area (Å²) in [7, 11) is 3.24. The highest BCUT2D eigenvalue weighted by Gasteiger charge is 2.35. The Morgan fingerprint density at radius 2 is 1.05 bits per heavy atom. The van der Waals surface area contributed by atoms with Crippen molar-refractivity contribution in [1.82, 2.24) is 39.5 Å². The molecule has 8 aromatic rings. The molecule has 0 spiro atoms. The molecule has 2 unspecified atom stereocenters. The van der Waals surface area contributed by atoms with Gasteiger partial charge < -0.3 is 0 Å². The average molecular weight is 902 g/mol. The SMILES string of the molecule is Cn1nc(-c2ccccn2)nc1-c1ccc([N+](=O)[O-])c(C(CC(=O)CC(c2cc(-c3nc(-c4ccccn4)nn3C)ccc2[N+](=O)[O-])c2c(F)cccc2Cl)c2c(F)cccc2Cl)c1. The zero-order chi connectivity index (χ0) is 45.2. The van der Waals surface area contributed by atoms with E-state index in [-0.39, 0.29) is 55.6 Å². The second kappa shape index (κ2) is 18.0. The number of benzene rings is 4. The van der Waals surface area contributed by atoms with Crippen LogP contribution < -0.4 is 0 Å². The molecule has 0 aliphatic heterocycles. The van der Waals surface area contributed by atoms with E-state index in [2.05, 4.69) is 30.1 Å². The van der Waals surface area contributed by atoms with Crippen molar-refractivity contribution in [1.29, 1.82) is 0 Å². The van der Waals surface area contributed by atoms with E-state index in [1.165, 1.54) is 70.0 Å². The predicted molar refractivity (Wildman–Crippen MR) is 233 cm³/mol. The molecule has 64 heavy (non-hydrogen) atoms. The van der Waals surface area contributed by atoms with E-state index in [0.29, 0.717) is 22.5 Å². The van der Waals surface area contributed by atoms with Gasteiger partial charge in [-0.15, -0.1) is 10.2 Å². The number of nitrogens with zero attached hydrogens (tertiary/aromatic N) is 10. The third-order valence-electron chi connectivity index (χ3n) is 10.6. The van der Waals surface area contributed by atoms with Crippen LogP contribution in [0.4, 0.5) is 20.2 Å². The minimum Gasteiger partial charge on any atom is -0.300 e. The van der Waals surface area contributed by atoms with Gasteiger partial charge in [0.25, 0.3) is 11.4 Å². The third kappa shape index (κ3) is 8.58. The molecule has 0 N–H and O–H groups in total. The van der Waals surface area contributed by atoms with Crippen LogP contribution in [0.1, 0.15) is 46.9 Å². The highest BCUT2D eigenvalue weighted by Crippen LogP contribution is 2.45. The van der Waals surface area contributed by atoms with E-state index in [0.717, 1.165) is 12.1 Å². The topological polar surface area (TPSA) is 191 Å². The lowest BCUT2D eigenvalue weighted by atomic mass is 9.80. The van der Waals surface area contributed by atoms with Gasteiger partial charge in [0.15, 0.2) is 23.3 Å². The lowest BCUT2D eigenvalue weighted by Crippen LogP contribution is -2.17. The molecule has 0 amide bonds. The molecule has 0 aliphatic carbocycles. The minimum atomic E-state index is -1.41. The van der Waals surface area contributed by atoms with Crippen LogP contribution in [0.25, 0.3) is 45.8 Å². The summed E-state index contributed by atoms with van der Waals surface area (Å²) >= 11 is 13.3. The van der Waals surface area contributed by atoms with Crippen molar-refractivity contribution in [3.8, 4) is 45.8 Å². The van der Waals surface area contributed by atoms with Crippen molar-refractivity contribution in [3.63, 3.8) is 0 Å². The fraction of sp³-hybridized carbons (Fsp3) is 0.133. The molecule has 0 radical (unpaired) electrons. The number of carbonyl (C=O) groups is 1. The van der Waals surface area contributed by atoms with Gasteiger partial charge in [0.05, 0.1) is 9.85 Å². The average Bonchev–Trinajstić information content (AvgIpc) is 3.88. The first-order chi connectivity index (χ1) is 30.8. The van der Waals surface area contributed by atoms with Crippen LogP contribution in [0.2, 0.25) is 10.0 Å². The number of Topliss-reactive ketones (excluding diaryl/α,β-unsaturated/α-hetero) is 1. The quantitative estimate of drug-likeness (QED) is 0.0745. The van der Waals surface area contributed by atoms with Crippen LogP contribution in [-0.2, 0) is 18.9 Å². The second-order valence-electron chi connectivity index (χ2n) is 14.6. The Balaban J connectivity index is 1.25. The monoisotopic (exact) mass is 900 g/mol. The zero-order valence-electron chi connectivity index (χ0n) is 33.6. The molecule has 320 valence electrons. The van der Waals surface area contributed by atoms with Crippen molar-refractivity contribution in [2.45, 2.75) is 24.7 Å². The Hall–Kier alpha value is -7.63. The second-order valence-corrected chi connectivity index (χ2v) is 15.4. The zero-order valence-corrected chi connectivity index (χ0v) is 35.2. The first-order valence-corrected chi connectivity index (χ1v) is 20.2. The normalized spacial score (nSPS) is 12.2. The van der Waals surface area contributed by atoms with Crippen molar-refractivity contribution in [3.05, 3.63) is 186 Å². The molecule has 4 heterocycles. The number of pyridine rings is 2. The molecule has 0 saturated heterocycles. The fourth-order valence-electron chi connectivity index (χ4n) is 7.72. The first-order valence-electron chi connectivity index (χ1n) is 19.4. The molecule has 0 aliphatic rings. The summed E-state index contributed by atoms with van der Waals surface area (Å²) in [6, 6.07) is 26.3. The largest absolute Gasteiger partial charge is 0.300 e. The molecule has 2 atom stereocenters. The summed E-state index contributed by atoms with van der Waals surface area (Å²) in [5, 5.41) is 34.1. The summed E-state index contributed by atoms with van der Waals surface area (Å²) in [4.78, 5) is 56.7. The highest BCUT2D eigenvalue weighted by molar-refractivity contribution is 6.31. The Morgan fingerprint density at radius 3 is 1.41 bits per heavy atom. The van der Waals surface area contributed by atoms with Gasteiger partial charge in [0.1, 0.15) is 28.8 Å². The Morgan fingerprint density at radius 1 is 0.625 bits per heavy atom. The Bertz CT molecular complexity index is 2850. The van der Waals surface area contributed by atoms with Gasteiger partial charge >= 0.3 is 0 Å². The number of aryl methyl sites for hydroxylation is 2. The molecule has 0 saturated carbocycles. The summed E-state index contributed by atoms with van der Waals surface area (Å²) in [5.41, 5.74) is 0.0613. The lowest BCUT2D eigenvalue weighted by Gasteiger charge is -2.23. The van der Waals surface area contributed by atoms with Gasteiger partial charge in [-0.3, -0.25) is 35.0 Å². The van der Waals surface area contributed by atoms with Crippen molar-refractivity contribution in [2.75, 3.05) is 0 Å². The summed E-state index contributed by atoms with van der Waals surface area (Å²) in [5.74, 6) is -4.13. The van der Waals surface area contributed by atoms with Crippen LogP contribution in [0, 0.1) is 31.9 Å². The number of nitro benzene ring substituents is 2. The molecule has 15 nitrogen and oxygen atoms in total. The molecule has 4 aromatic heterocycles. The summed E-state index contributed by atoms with van der Waals surface area (Å²) < 4.78 is 35.1. The maximum Gasteiger partial charge on any atom is 0.273 e. The van der Waals surface area contributed by atoms with Crippen LogP contribution in [0.15, 0.2) is 122 Å². The van der Waals surface area contributed by atoms with Gasteiger partial charge in [-0.05, 0) is 72.8 Å². The summed E-state index contributed by atoms with van der Waals surface area (Å²) in [6.07, 6.45) is 1.89. The third-order valence-corrected chi connectivity index (χ3v) is 11.2. The number of hydrogen-bond donors (Lipinski definition) is 0. The smallest absolute Gasteiger partial charge is 0.273 e. The van der Waals surface area contributed by atoms with Crippen molar-refractivity contribution >= 4 is 40.4 Å². The maximum absolute atomic E-state index is 16.1. The molecule has 0 bridgehead atoms. The number of aromatic nitrogens is 8. The molecule has 0 fully saturated rings. The van der Waals surface area contributed by atoms with Crippen molar-refractivity contribution in [2.24, 2.45) is 14.1 Å². The van der Waals surface area contributed by atoms with E-state index in [9.17, 15) is 25.0 Å². The standard InChI is InChI=1S/C45H32Cl2F2N10O5/c1-56-44(52-42(54-56)36-13-3-5-19-50-36)25-15-17-38(58(61)62)28(21-25)30(40-32(46)9-7-11-34(40)48)23-27(60)24-31(41-33(47)10-8-12-35(41)49)29-22-26(16-18-39(29)59(63)64)45-53-43(55-57(45)2)37-14-4-6-20-51-37/h3-22,30-31H,23-24H2,1-2H3. The lowest BCUT2D eigenvalue weighted by molar-refractivity contribution is -0.385.